The Bertz CT molecular complexity index is 393. The summed E-state index contributed by atoms with van der Waals surface area (Å²) in [6, 6.07) is 4.78. The lowest BCUT2D eigenvalue weighted by molar-refractivity contribution is -0.0592. The zero-order valence-corrected chi connectivity index (χ0v) is 10.7. The van der Waals surface area contributed by atoms with Crippen LogP contribution in [0.15, 0.2) is 18.3 Å². The fourth-order valence-corrected chi connectivity index (χ4v) is 3.08. The Morgan fingerprint density at radius 1 is 1.39 bits per heavy atom. The normalized spacial score (nSPS) is 28.3. The van der Waals surface area contributed by atoms with Gasteiger partial charge in [0, 0.05) is 31.9 Å². The Morgan fingerprint density at radius 3 is 3.11 bits per heavy atom. The van der Waals surface area contributed by atoms with Crippen LogP contribution in [-0.4, -0.2) is 35.2 Å². The highest BCUT2D eigenvalue weighted by Gasteiger charge is 2.35. The Kier molecular flexibility index (Phi) is 3.59. The maximum absolute atomic E-state index is 5.83. The van der Waals surface area contributed by atoms with E-state index in [-0.39, 0.29) is 0 Å². The molecule has 0 aromatic carbocycles. The minimum atomic E-state index is 0.460. The molecule has 98 valence electrons. The van der Waals surface area contributed by atoms with Crippen molar-refractivity contribution in [2.45, 2.75) is 44.5 Å². The number of rotatable bonds is 3. The summed E-state index contributed by atoms with van der Waals surface area (Å²) in [4.78, 5) is 7.03. The highest BCUT2D eigenvalue weighted by Crippen LogP contribution is 2.30. The van der Waals surface area contributed by atoms with Crippen LogP contribution in [0.5, 0.6) is 0 Å². The summed E-state index contributed by atoms with van der Waals surface area (Å²) in [6.07, 6.45) is 6.14. The molecular weight excluding hydrogens is 226 g/mol. The maximum Gasteiger partial charge on any atom is 0.0731 e. The summed E-state index contributed by atoms with van der Waals surface area (Å²) in [5.41, 5.74) is 7.82. The number of hydrogen-bond donors (Lipinski definition) is 1. The van der Waals surface area contributed by atoms with Crippen LogP contribution < -0.4 is 5.73 Å². The van der Waals surface area contributed by atoms with E-state index in [2.05, 4.69) is 22.0 Å². The predicted molar refractivity (Wildman–Crippen MR) is 69.9 cm³/mol. The molecule has 4 nitrogen and oxygen atoms in total. The van der Waals surface area contributed by atoms with Gasteiger partial charge in [-0.1, -0.05) is 6.07 Å². The second kappa shape index (κ2) is 5.34. The van der Waals surface area contributed by atoms with E-state index in [9.17, 15) is 0 Å². The lowest BCUT2D eigenvalue weighted by Crippen LogP contribution is -2.47. The van der Waals surface area contributed by atoms with E-state index >= 15 is 0 Å². The fraction of sp³-hybridized carbons (Fsp3) is 0.643. The second-order valence-corrected chi connectivity index (χ2v) is 5.24. The van der Waals surface area contributed by atoms with Crippen LogP contribution in [-0.2, 0) is 17.8 Å². The van der Waals surface area contributed by atoms with Gasteiger partial charge >= 0.3 is 0 Å². The molecule has 3 rings (SSSR count). The number of ether oxygens (including phenoxy) is 1. The third kappa shape index (κ3) is 2.41. The molecular formula is C14H21N3O. The van der Waals surface area contributed by atoms with Gasteiger partial charge in [0.25, 0.3) is 0 Å². The number of nitrogens with two attached hydrogens (primary N) is 1. The molecule has 18 heavy (non-hydrogen) atoms. The molecule has 2 atom stereocenters. The minimum absolute atomic E-state index is 0.460. The summed E-state index contributed by atoms with van der Waals surface area (Å²) in [7, 11) is 0. The van der Waals surface area contributed by atoms with Crippen LogP contribution in [0.2, 0.25) is 0 Å². The van der Waals surface area contributed by atoms with Crippen molar-refractivity contribution >= 4 is 0 Å². The second-order valence-electron chi connectivity index (χ2n) is 5.24. The molecule has 2 unspecified atom stereocenters. The minimum Gasteiger partial charge on any atom is -0.375 e. The molecule has 0 radical (unpaired) electrons. The number of hydrogen-bond acceptors (Lipinski definition) is 4. The summed E-state index contributed by atoms with van der Waals surface area (Å²) >= 11 is 0. The van der Waals surface area contributed by atoms with E-state index < -0.39 is 0 Å². The Labute approximate surface area is 108 Å². The van der Waals surface area contributed by atoms with Gasteiger partial charge in [-0.05, 0) is 30.9 Å². The molecule has 2 aliphatic rings. The van der Waals surface area contributed by atoms with Gasteiger partial charge in [-0.15, -0.1) is 0 Å². The number of aromatic nitrogens is 1. The Hall–Kier alpha value is -0.970. The molecule has 2 heterocycles. The quantitative estimate of drug-likeness (QED) is 0.874. The fourth-order valence-electron chi connectivity index (χ4n) is 3.08. The highest BCUT2D eigenvalue weighted by molar-refractivity contribution is 5.14. The van der Waals surface area contributed by atoms with Crippen molar-refractivity contribution in [3.63, 3.8) is 0 Å². The first kappa shape index (κ1) is 12.1. The summed E-state index contributed by atoms with van der Waals surface area (Å²) in [6.45, 7) is 3.40. The number of fused-ring (bicyclic) bond motifs is 1. The van der Waals surface area contributed by atoms with E-state index in [1.165, 1.54) is 19.3 Å². The van der Waals surface area contributed by atoms with Crippen molar-refractivity contribution in [2.24, 2.45) is 5.73 Å². The first-order valence-corrected chi connectivity index (χ1v) is 6.86. The molecule has 1 saturated heterocycles. The SMILES string of the molecule is NCc1ccc(CN2CCOC3CCCC32)nc1. The molecule has 2 fully saturated rings. The van der Waals surface area contributed by atoms with Crippen molar-refractivity contribution in [1.82, 2.24) is 9.88 Å². The molecule has 0 bridgehead atoms. The first-order valence-electron chi connectivity index (χ1n) is 6.86. The molecule has 1 aliphatic carbocycles. The van der Waals surface area contributed by atoms with Crippen LogP contribution in [0.3, 0.4) is 0 Å². The van der Waals surface area contributed by atoms with Crippen molar-refractivity contribution in [3.8, 4) is 0 Å². The van der Waals surface area contributed by atoms with Crippen LogP contribution >= 0.6 is 0 Å². The van der Waals surface area contributed by atoms with E-state index in [1.54, 1.807) is 0 Å². The van der Waals surface area contributed by atoms with Gasteiger partial charge in [-0.2, -0.15) is 0 Å². The van der Waals surface area contributed by atoms with E-state index in [1.807, 2.05) is 6.20 Å². The molecule has 1 saturated carbocycles. The van der Waals surface area contributed by atoms with Crippen molar-refractivity contribution in [3.05, 3.63) is 29.6 Å². The van der Waals surface area contributed by atoms with Crippen LogP contribution in [0.4, 0.5) is 0 Å². The summed E-state index contributed by atoms with van der Waals surface area (Å²) in [5, 5.41) is 0. The van der Waals surface area contributed by atoms with Crippen molar-refractivity contribution in [2.75, 3.05) is 13.2 Å². The first-order chi connectivity index (χ1) is 8.86. The monoisotopic (exact) mass is 247 g/mol. The van der Waals surface area contributed by atoms with Gasteiger partial charge < -0.3 is 10.5 Å². The standard InChI is InChI=1S/C14H21N3O/c15-8-11-4-5-12(16-9-11)10-17-6-7-18-14-3-1-2-13(14)17/h4-5,9,13-14H,1-3,6-8,10,15H2. The average Bonchev–Trinajstić information content (AvgIpc) is 2.89. The van der Waals surface area contributed by atoms with Crippen LogP contribution in [0, 0.1) is 0 Å². The number of nitrogens with zero attached hydrogens (tertiary/aromatic N) is 2. The largest absolute Gasteiger partial charge is 0.375 e. The van der Waals surface area contributed by atoms with Crippen molar-refractivity contribution < 1.29 is 4.74 Å². The molecule has 0 amide bonds. The van der Waals surface area contributed by atoms with E-state index in [4.69, 9.17) is 10.5 Å². The van der Waals surface area contributed by atoms with Gasteiger partial charge in [-0.3, -0.25) is 9.88 Å². The Balaban J connectivity index is 1.67. The topological polar surface area (TPSA) is 51.4 Å². The smallest absolute Gasteiger partial charge is 0.0731 e. The number of morpholine rings is 1. The molecule has 1 aromatic rings. The third-order valence-electron chi connectivity index (χ3n) is 4.08. The lowest BCUT2D eigenvalue weighted by Gasteiger charge is -2.37. The van der Waals surface area contributed by atoms with Gasteiger partial charge in [0.15, 0.2) is 0 Å². The van der Waals surface area contributed by atoms with Gasteiger partial charge in [0.1, 0.15) is 0 Å². The summed E-state index contributed by atoms with van der Waals surface area (Å²) in [5.74, 6) is 0. The van der Waals surface area contributed by atoms with Crippen LogP contribution in [0.25, 0.3) is 0 Å². The lowest BCUT2D eigenvalue weighted by atomic mass is 10.1. The Morgan fingerprint density at radius 2 is 2.33 bits per heavy atom. The summed E-state index contributed by atoms with van der Waals surface area (Å²) < 4.78 is 5.83. The van der Waals surface area contributed by atoms with E-state index in [0.29, 0.717) is 18.7 Å². The maximum atomic E-state index is 5.83. The molecule has 2 N–H and O–H groups in total. The van der Waals surface area contributed by atoms with E-state index in [0.717, 1.165) is 31.0 Å². The van der Waals surface area contributed by atoms with Crippen LogP contribution in [0.1, 0.15) is 30.5 Å². The number of pyridine rings is 1. The van der Waals surface area contributed by atoms with Gasteiger partial charge in [-0.25, -0.2) is 0 Å². The zero-order chi connectivity index (χ0) is 12.4. The average molecular weight is 247 g/mol. The predicted octanol–water partition coefficient (Wildman–Crippen LogP) is 1.29. The van der Waals surface area contributed by atoms with Crippen molar-refractivity contribution in [1.29, 1.82) is 0 Å². The molecule has 1 aromatic heterocycles. The van der Waals surface area contributed by atoms with Gasteiger partial charge in [0.2, 0.25) is 0 Å². The molecule has 0 spiro atoms. The third-order valence-corrected chi connectivity index (χ3v) is 4.08. The molecule has 4 heteroatoms. The molecule has 1 aliphatic heterocycles. The highest BCUT2D eigenvalue weighted by atomic mass is 16.5. The van der Waals surface area contributed by atoms with Gasteiger partial charge in [0.05, 0.1) is 18.4 Å². The zero-order valence-electron chi connectivity index (χ0n) is 10.7.